The topological polar surface area (TPSA) is 0 Å². The summed E-state index contributed by atoms with van der Waals surface area (Å²) in [5, 5.41) is 0. The SMILES string of the molecule is CC12C=CC3=CC=CC(I)=C(C=C1)C32C. The van der Waals surface area contributed by atoms with E-state index >= 15 is 0 Å². The Morgan fingerprint density at radius 2 is 1.80 bits per heavy atom. The molecule has 15 heavy (non-hydrogen) atoms. The lowest BCUT2D eigenvalue weighted by molar-refractivity contribution is 0.325. The first kappa shape index (κ1) is 9.64. The Bertz CT molecular complexity index is 487. The third-order valence-electron chi connectivity index (χ3n) is 4.17. The molecular formula is C14H13I. The lowest BCUT2D eigenvalue weighted by atomic mass is 9.66. The van der Waals surface area contributed by atoms with E-state index in [9.17, 15) is 0 Å². The zero-order valence-electron chi connectivity index (χ0n) is 8.92. The van der Waals surface area contributed by atoms with E-state index in [1.54, 1.807) is 0 Å². The standard InChI is InChI=1S/C14H13I/c1-13-8-6-10-4-3-5-12(15)11(7-9-13)14(10,13)2/h3-9H,1-2H3. The maximum atomic E-state index is 2.44. The van der Waals surface area contributed by atoms with Gasteiger partial charge < -0.3 is 0 Å². The first-order chi connectivity index (χ1) is 7.08. The highest BCUT2D eigenvalue weighted by molar-refractivity contribution is 14.1. The highest BCUT2D eigenvalue weighted by atomic mass is 127. The van der Waals surface area contributed by atoms with E-state index in [0.29, 0.717) is 0 Å². The van der Waals surface area contributed by atoms with Crippen molar-refractivity contribution in [1.82, 2.24) is 0 Å². The first-order valence-electron chi connectivity index (χ1n) is 5.25. The molecule has 1 heteroatoms. The summed E-state index contributed by atoms with van der Waals surface area (Å²) in [5.41, 5.74) is 3.24. The van der Waals surface area contributed by atoms with Gasteiger partial charge in [0.15, 0.2) is 0 Å². The second kappa shape index (κ2) is 2.76. The van der Waals surface area contributed by atoms with Crippen molar-refractivity contribution in [3.8, 4) is 0 Å². The Hall–Kier alpha value is -0.570. The zero-order valence-corrected chi connectivity index (χ0v) is 11.1. The molecule has 0 aromatic heterocycles. The fourth-order valence-electron chi connectivity index (χ4n) is 2.86. The molecular weight excluding hydrogens is 295 g/mol. The van der Waals surface area contributed by atoms with E-state index in [2.05, 4.69) is 79.0 Å². The summed E-state index contributed by atoms with van der Waals surface area (Å²) in [6, 6.07) is 0. The summed E-state index contributed by atoms with van der Waals surface area (Å²) < 4.78 is 1.37. The fourth-order valence-corrected chi connectivity index (χ4v) is 3.79. The number of hydrogen-bond acceptors (Lipinski definition) is 0. The number of allylic oxidation sites excluding steroid dienone is 10. The molecule has 76 valence electrons. The van der Waals surface area contributed by atoms with Crippen molar-refractivity contribution in [2.24, 2.45) is 10.8 Å². The van der Waals surface area contributed by atoms with Gasteiger partial charge in [-0.1, -0.05) is 50.3 Å². The quantitative estimate of drug-likeness (QED) is 0.585. The molecule has 0 aromatic carbocycles. The molecule has 0 saturated carbocycles. The lowest BCUT2D eigenvalue weighted by Crippen LogP contribution is -2.30. The van der Waals surface area contributed by atoms with Crippen LogP contribution in [0.4, 0.5) is 0 Å². The third kappa shape index (κ3) is 0.975. The van der Waals surface area contributed by atoms with Gasteiger partial charge in [0.25, 0.3) is 0 Å². The molecule has 3 rings (SSSR count). The van der Waals surface area contributed by atoms with Crippen LogP contribution in [0.25, 0.3) is 0 Å². The van der Waals surface area contributed by atoms with E-state index in [-0.39, 0.29) is 10.8 Å². The minimum atomic E-state index is 0.160. The minimum absolute atomic E-state index is 0.160. The molecule has 0 aliphatic heterocycles. The van der Waals surface area contributed by atoms with Gasteiger partial charge in [-0.3, -0.25) is 0 Å². The Kier molecular flexibility index (Phi) is 1.77. The van der Waals surface area contributed by atoms with Crippen LogP contribution in [0.1, 0.15) is 13.8 Å². The van der Waals surface area contributed by atoms with Gasteiger partial charge in [0.05, 0.1) is 0 Å². The lowest BCUT2D eigenvalue weighted by Gasteiger charge is -2.36. The van der Waals surface area contributed by atoms with Gasteiger partial charge in [-0.25, -0.2) is 0 Å². The van der Waals surface area contributed by atoms with Crippen LogP contribution in [0.3, 0.4) is 0 Å². The first-order valence-corrected chi connectivity index (χ1v) is 6.33. The molecule has 0 radical (unpaired) electrons. The van der Waals surface area contributed by atoms with Crippen LogP contribution in [0.15, 0.2) is 57.3 Å². The van der Waals surface area contributed by atoms with Gasteiger partial charge in [-0.2, -0.15) is 0 Å². The molecule has 0 bridgehead atoms. The molecule has 0 nitrogen and oxygen atoms in total. The zero-order chi connectivity index (χ0) is 10.7. The summed E-state index contributed by atoms with van der Waals surface area (Å²) in [7, 11) is 0. The van der Waals surface area contributed by atoms with Gasteiger partial charge in [-0.15, -0.1) is 0 Å². The van der Waals surface area contributed by atoms with E-state index in [1.165, 1.54) is 14.7 Å². The summed E-state index contributed by atoms with van der Waals surface area (Å²) in [4.78, 5) is 0. The fraction of sp³-hybridized carbons (Fsp3) is 0.286. The summed E-state index contributed by atoms with van der Waals surface area (Å²) in [6.45, 7) is 4.68. The van der Waals surface area contributed by atoms with Crippen LogP contribution < -0.4 is 0 Å². The molecule has 0 spiro atoms. The third-order valence-corrected chi connectivity index (χ3v) is 5.12. The molecule has 3 aliphatic rings. The smallest absolute Gasteiger partial charge is 0.0307 e. The largest absolute Gasteiger partial charge is 0.0733 e. The van der Waals surface area contributed by atoms with Crippen molar-refractivity contribution in [3.05, 3.63) is 57.3 Å². The van der Waals surface area contributed by atoms with Crippen molar-refractivity contribution < 1.29 is 0 Å². The Labute approximate surface area is 104 Å². The van der Waals surface area contributed by atoms with Crippen molar-refractivity contribution in [2.75, 3.05) is 0 Å². The molecule has 3 aliphatic carbocycles. The Balaban J connectivity index is 2.36. The molecule has 0 fully saturated rings. The molecule has 0 heterocycles. The van der Waals surface area contributed by atoms with Crippen molar-refractivity contribution in [2.45, 2.75) is 13.8 Å². The molecule has 0 saturated heterocycles. The minimum Gasteiger partial charge on any atom is -0.0733 e. The number of halogens is 1. The van der Waals surface area contributed by atoms with Crippen LogP contribution in [0.2, 0.25) is 0 Å². The number of hydrogen-bond donors (Lipinski definition) is 0. The van der Waals surface area contributed by atoms with Crippen LogP contribution >= 0.6 is 22.6 Å². The van der Waals surface area contributed by atoms with Crippen LogP contribution in [-0.4, -0.2) is 0 Å². The maximum Gasteiger partial charge on any atom is 0.0307 e. The Morgan fingerprint density at radius 3 is 2.60 bits per heavy atom. The van der Waals surface area contributed by atoms with Gasteiger partial charge >= 0.3 is 0 Å². The highest BCUT2D eigenvalue weighted by Crippen LogP contribution is 2.62. The van der Waals surface area contributed by atoms with Crippen molar-refractivity contribution >= 4 is 22.6 Å². The predicted octanol–water partition coefficient (Wildman–Crippen LogP) is 4.32. The normalized spacial score (nSPS) is 40.9. The van der Waals surface area contributed by atoms with Gasteiger partial charge in [-0.05, 0) is 39.8 Å². The second-order valence-electron chi connectivity index (χ2n) is 4.82. The molecule has 2 unspecified atom stereocenters. The summed E-state index contributed by atoms with van der Waals surface area (Å²) in [6.07, 6.45) is 15.9. The van der Waals surface area contributed by atoms with Crippen molar-refractivity contribution in [3.63, 3.8) is 0 Å². The average molecular weight is 308 g/mol. The second-order valence-corrected chi connectivity index (χ2v) is 5.98. The van der Waals surface area contributed by atoms with Crippen molar-refractivity contribution in [1.29, 1.82) is 0 Å². The van der Waals surface area contributed by atoms with Crippen LogP contribution in [0.5, 0.6) is 0 Å². The van der Waals surface area contributed by atoms with Gasteiger partial charge in [0.1, 0.15) is 0 Å². The Morgan fingerprint density at radius 1 is 1.07 bits per heavy atom. The van der Waals surface area contributed by atoms with E-state index < -0.39 is 0 Å². The molecule has 0 aromatic rings. The van der Waals surface area contributed by atoms with Crippen LogP contribution in [0, 0.1) is 10.8 Å². The average Bonchev–Trinajstić information content (AvgIpc) is 2.53. The molecule has 0 N–H and O–H groups in total. The van der Waals surface area contributed by atoms with E-state index in [1.807, 2.05) is 0 Å². The van der Waals surface area contributed by atoms with E-state index in [4.69, 9.17) is 0 Å². The summed E-state index contributed by atoms with van der Waals surface area (Å²) in [5.74, 6) is 0. The molecule has 0 amide bonds. The van der Waals surface area contributed by atoms with E-state index in [0.717, 1.165) is 0 Å². The highest BCUT2D eigenvalue weighted by Gasteiger charge is 2.52. The van der Waals surface area contributed by atoms with Gasteiger partial charge in [0.2, 0.25) is 0 Å². The van der Waals surface area contributed by atoms with Crippen LogP contribution in [-0.2, 0) is 0 Å². The molecule has 2 atom stereocenters. The maximum absolute atomic E-state index is 2.44. The van der Waals surface area contributed by atoms with Gasteiger partial charge in [0, 0.05) is 14.4 Å². The predicted molar refractivity (Wildman–Crippen MR) is 72.8 cm³/mol. The summed E-state index contributed by atoms with van der Waals surface area (Å²) >= 11 is 2.44. The monoisotopic (exact) mass is 308 g/mol. The number of rotatable bonds is 0.